The van der Waals surface area contributed by atoms with Gasteiger partial charge in [-0.05, 0) is 37.0 Å². The Morgan fingerprint density at radius 3 is 2.72 bits per heavy atom. The summed E-state index contributed by atoms with van der Waals surface area (Å²) < 4.78 is 10.8. The number of rotatable bonds is 5. The molecule has 1 aliphatic heterocycles. The molecule has 0 radical (unpaired) electrons. The van der Waals surface area contributed by atoms with Gasteiger partial charge in [0.2, 0.25) is 5.91 Å². The third-order valence-electron chi connectivity index (χ3n) is 4.69. The first-order valence-electron chi connectivity index (χ1n) is 10.2. The molecule has 9 heteroatoms. The normalized spacial score (nSPS) is 12.2. The molecule has 4 rings (SSSR count). The lowest BCUT2D eigenvalue weighted by atomic mass is 10.3. The number of para-hydroxylation sites is 2. The van der Waals surface area contributed by atoms with Crippen LogP contribution in [0.4, 0.5) is 5.82 Å². The van der Waals surface area contributed by atoms with Crippen molar-refractivity contribution in [3.05, 3.63) is 49.1 Å². The van der Waals surface area contributed by atoms with Gasteiger partial charge in [-0.25, -0.2) is 15.0 Å². The summed E-state index contributed by atoms with van der Waals surface area (Å²) in [4.78, 5) is 28.2. The van der Waals surface area contributed by atoms with Crippen molar-refractivity contribution in [2.75, 3.05) is 39.2 Å². The third kappa shape index (κ3) is 5.76. The Bertz CT molecular complexity index is 1130. The summed E-state index contributed by atoms with van der Waals surface area (Å²) in [5.74, 6) is 8.42. The van der Waals surface area contributed by atoms with Crippen LogP contribution in [0.1, 0.15) is 18.7 Å². The Morgan fingerprint density at radius 2 is 2.03 bits per heavy atom. The van der Waals surface area contributed by atoms with Gasteiger partial charge in [0.1, 0.15) is 18.5 Å². The second-order valence-corrected chi connectivity index (χ2v) is 6.73. The summed E-state index contributed by atoms with van der Waals surface area (Å²) in [6.07, 6.45) is 5.14. The molecule has 166 valence electrons. The van der Waals surface area contributed by atoms with E-state index in [2.05, 4.69) is 43.7 Å². The lowest BCUT2D eigenvalue weighted by molar-refractivity contribution is -0.124. The number of carbonyl (C=O) groups is 1. The van der Waals surface area contributed by atoms with E-state index < -0.39 is 0 Å². The fourth-order valence-corrected chi connectivity index (χ4v) is 3.12. The Labute approximate surface area is 186 Å². The second-order valence-electron chi connectivity index (χ2n) is 6.73. The monoisotopic (exact) mass is 434 g/mol. The zero-order valence-electron chi connectivity index (χ0n) is 18.2. The molecule has 0 atom stereocenters. The van der Waals surface area contributed by atoms with Crippen LogP contribution in [-0.4, -0.2) is 64.6 Å². The largest absolute Gasteiger partial charge is 0.493 e. The molecule has 3 aromatic rings. The summed E-state index contributed by atoms with van der Waals surface area (Å²) in [6, 6.07) is 7.42. The summed E-state index contributed by atoms with van der Waals surface area (Å²) >= 11 is 0. The minimum absolute atomic E-state index is 0.0764. The number of hydrogen-bond donors (Lipinski definition) is 2. The Kier molecular flexibility index (Phi) is 8.03. The molecule has 9 nitrogen and oxygen atoms in total. The summed E-state index contributed by atoms with van der Waals surface area (Å²) in [5.41, 5.74) is 1.30. The topological polar surface area (TPSA) is 105 Å². The summed E-state index contributed by atoms with van der Waals surface area (Å²) in [5, 5.41) is 2.98. The highest BCUT2D eigenvalue weighted by Gasteiger charge is 2.14. The maximum absolute atomic E-state index is 10.8. The van der Waals surface area contributed by atoms with Gasteiger partial charge in [0.25, 0.3) is 0 Å². The van der Waals surface area contributed by atoms with E-state index in [0.717, 1.165) is 31.4 Å². The van der Waals surface area contributed by atoms with E-state index >= 15 is 0 Å². The van der Waals surface area contributed by atoms with Gasteiger partial charge in [0.05, 0.1) is 7.11 Å². The maximum atomic E-state index is 10.8. The van der Waals surface area contributed by atoms with E-state index in [1.807, 2.05) is 29.2 Å². The lowest BCUT2D eigenvalue weighted by Gasteiger charge is -2.10. The van der Waals surface area contributed by atoms with Crippen molar-refractivity contribution >= 4 is 22.9 Å². The number of benzene rings is 1. The van der Waals surface area contributed by atoms with Crippen molar-refractivity contribution in [1.29, 1.82) is 0 Å². The van der Waals surface area contributed by atoms with Crippen molar-refractivity contribution in [1.82, 2.24) is 24.8 Å². The van der Waals surface area contributed by atoms with E-state index in [9.17, 15) is 4.79 Å². The number of methoxy groups -OCH3 is 1. The van der Waals surface area contributed by atoms with Crippen LogP contribution < -0.4 is 14.8 Å². The number of hydrogen-bond acceptors (Lipinski definition) is 7. The smallest absolute Gasteiger partial charge is 0.245 e. The molecule has 0 saturated carbocycles. The van der Waals surface area contributed by atoms with Gasteiger partial charge in [-0.3, -0.25) is 4.79 Å². The molecule has 2 N–H and O–H groups in total. The predicted octanol–water partition coefficient (Wildman–Crippen LogP) is 2.63. The molecule has 1 aliphatic rings. The van der Waals surface area contributed by atoms with E-state index in [4.69, 9.17) is 9.47 Å². The van der Waals surface area contributed by atoms with Crippen molar-refractivity contribution in [3.63, 3.8) is 0 Å². The zero-order chi connectivity index (χ0) is 22.8. The molecular weight excluding hydrogens is 408 g/mol. The first-order chi connectivity index (χ1) is 15.7. The maximum Gasteiger partial charge on any atom is 0.245 e. The number of H-pyrrole nitrogens is 1. The number of aromatic amines is 1. The van der Waals surface area contributed by atoms with Crippen LogP contribution in [-0.2, 0) is 4.79 Å². The highest BCUT2D eigenvalue weighted by atomic mass is 16.5. The third-order valence-corrected chi connectivity index (χ3v) is 4.69. The number of imidazole rings is 1. The van der Waals surface area contributed by atoms with Crippen LogP contribution in [0.2, 0.25) is 0 Å². The van der Waals surface area contributed by atoms with Crippen LogP contribution in [0.5, 0.6) is 11.5 Å². The zero-order valence-corrected chi connectivity index (χ0v) is 18.2. The first-order valence-corrected chi connectivity index (χ1v) is 10.2. The van der Waals surface area contributed by atoms with Crippen LogP contribution in [0.25, 0.3) is 11.2 Å². The molecular formula is C23H26N6O3. The molecule has 2 aromatic heterocycles. The fraction of sp³-hybridized carbons (Fsp3) is 0.304. The van der Waals surface area contributed by atoms with Crippen molar-refractivity contribution < 1.29 is 14.3 Å². The first kappa shape index (κ1) is 22.6. The second kappa shape index (κ2) is 11.4. The fourth-order valence-electron chi connectivity index (χ4n) is 3.12. The average Bonchev–Trinajstić information content (AvgIpc) is 3.52. The molecule has 3 heterocycles. The average molecular weight is 435 g/mol. The van der Waals surface area contributed by atoms with Crippen LogP contribution in [0.3, 0.4) is 0 Å². The number of fused-ring (bicyclic) bond motifs is 1. The summed E-state index contributed by atoms with van der Waals surface area (Å²) in [6.45, 7) is 5.48. The minimum Gasteiger partial charge on any atom is -0.493 e. The van der Waals surface area contributed by atoms with Crippen molar-refractivity contribution in [2.24, 2.45) is 0 Å². The highest BCUT2D eigenvalue weighted by Crippen LogP contribution is 2.25. The lowest BCUT2D eigenvalue weighted by Crippen LogP contribution is -2.25. The Balaban J connectivity index is 0.000000269. The number of amides is 1. The van der Waals surface area contributed by atoms with Gasteiger partial charge in [-0.2, -0.15) is 0 Å². The Morgan fingerprint density at radius 1 is 1.28 bits per heavy atom. The molecule has 1 saturated heterocycles. The van der Waals surface area contributed by atoms with Gasteiger partial charge < -0.3 is 24.7 Å². The quantitative estimate of drug-likeness (QED) is 0.470. The van der Waals surface area contributed by atoms with Crippen molar-refractivity contribution in [3.8, 4) is 23.3 Å². The van der Waals surface area contributed by atoms with Crippen LogP contribution >= 0.6 is 0 Å². The molecule has 0 aliphatic carbocycles. The number of ether oxygens (including phenoxy) is 2. The number of aromatic nitrogens is 4. The van der Waals surface area contributed by atoms with Gasteiger partial charge in [0, 0.05) is 20.1 Å². The number of nitrogens with one attached hydrogen (secondary N) is 2. The molecule has 0 spiro atoms. The molecule has 1 aromatic carbocycles. The van der Waals surface area contributed by atoms with Gasteiger partial charge >= 0.3 is 0 Å². The molecule has 0 unspecified atom stereocenters. The summed E-state index contributed by atoms with van der Waals surface area (Å²) in [7, 11) is 3.39. The van der Waals surface area contributed by atoms with Crippen LogP contribution in [0.15, 0.2) is 43.2 Å². The van der Waals surface area contributed by atoms with E-state index in [-0.39, 0.29) is 12.5 Å². The Hall–Kier alpha value is -4.06. The number of nitrogens with zero attached hydrogens (tertiary/aromatic N) is 4. The minimum atomic E-state index is 0.0764. The molecule has 32 heavy (non-hydrogen) atoms. The molecule has 0 bridgehead atoms. The SMILES string of the molecule is C=CC(=O)N1CCCC1.CNc1ncnc2nc(C#CCOc3ccccc3OC)[nH]c12. The molecule has 1 fully saturated rings. The highest BCUT2D eigenvalue weighted by molar-refractivity contribution is 5.87. The van der Waals surface area contributed by atoms with E-state index in [0.29, 0.717) is 28.8 Å². The van der Waals surface area contributed by atoms with Crippen molar-refractivity contribution in [2.45, 2.75) is 12.8 Å². The predicted molar refractivity (Wildman–Crippen MR) is 123 cm³/mol. The van der Waals surface area contributed by atoms with Gasteiger partial charge in [-0.15, -0.1) is 0 Å². The number of carbonyl (C=O) groups excluding carboxylic acids is 1. The van der Waals surface area contributed by atoms with E-state index in [1.165, 1.54) is 12.4 Å². The molecule has 1 amide bonds. The standard InChI is InChI=1S/C16H15N5O2.C7H11NO/c1-17-15-14-16(19-10-18-15)21-13(20-14)8-5-9-23-12-7-4-3-6-11(12)22-2;1-2-7(9)8-5-3-4-6-8/h3-4,6-7,10H,9H2,1-2H3,(H2,17,18,19,20,21);2H,1,3-6H2. The van der Waals surface area contributed by atoms with Gasteiger partial charge in [0.15, 0.2) is 28.8 Å². The van der Waals surface area contributed by atoms with Gasteiger partial charge in [-0.1, -0.05) is 24.6 Å². The van der Waals surface area contributed by atoms with Crippen LogP contribution in [0, 0.1) is 11.8 Å². The van der Waals surface area contributed by atoms with E-state index in [1.54, 1.807) is 14.2 Å². The number of likely N-dealkylation sites (tertiary alicyclic amines) is 1. The number of anilines is 1.